The maximum absolute atomic E-state index is 14.2. The van der Waals surface area contributed by atoms with Gasteiger partial charge in [0.25, 0.3) is 5.91 Å². The van der Waals surface area contributed by atoms with Gasteiger partial charge in [-0.25, -0.2) is 8.78 Å². The van der Waals surface area contributed by atoms with Crippen molar-refractivity contribution in [2.75, 3.05) is 13.2 Å². The first-order chi connectivity index (χ1) is 13.6. The molecule has 28 heavy (non-hydrogen) atoms. The molecule has 2 fully saturated rings. The van der Waals surface area contributed by atoms with Crippen LogP contribution in [0.2, 0.25) is 0 Å². The van der Waals surface area contributed by atoms with Crippen molar-refractivity contribution >= 4 is 5.91 Å². The van der Waals surface area contributed by atoms with Gasteiger partial charge in [-0.1, -0.05) is 6.07 Å². The van der Waals surface area contributed by atoms with Gasteiger partial charge in [-0.05, 0) is 61.4 Å². The molecule has 4 nitrogen and oxygen atoms in total. The first kappa shape index (κ1) is 17.5. The number of carbonyl (C=O) groups is 1. The fourth-order valence-corrected chi connectivity index (χ4v) is 4.92. The summed E-state index contributed by atoms with van der Waals surface area (Å²) >= 11 is 0. The average molecular weight is 385 g/mol. The van der Waals surface area contributed by atoms with E-state index in [0.29, 0.717) is 48.7 Å². The Labute approximate surface area is 162 Å². The summed E-state index contributed by atoms with van der Waals surface area (Å²) in [5.41, 5.74) is 1.15. The summed E-state index contributed by atoms with van der Waals surface area (Å²) in [6.45, 7) is 0.989. The van der Waals surface area contributed by atoms with Gasteiger partial charge < -0.3 is 14.4 Å². The standard InChI is InChI=1S/C22H21F2NO3/c23-15-2-5-18(19(24)12-15)14-9-16-3-4-17(10-14)25(16)22(26)13-1-6-20-21(11-13)28-8-7-27-20/h1-2,5-6,11-12,14,16-17H,3-4,7-10H2/t14?,16-,17+. The van der Waals surface area contributed by atoms with E-state index in [1.165, 1.54) is 6.07 Å². The third-order valence-corrected chi connectivity index (χ3v) is 6.16. The van der Waals surface area contributed by atoms with E-state index < -0.39 is 11.6 Å². The van der Waals surface area contributed by atoms with Crippen LogP contribution in [-0.2, 0) is 0 Å². The highest BCUT2D eigenvalue weighted by Gasteiger charge is 2.44. The van der Waals surface area contributed by atoms with E-state index in [-0.39, 0.29) is 23.9 Å². The Morgan fingerprint density at radius 1 is 0.929 bits per heavy atom. The lowest BCUT2D eigenvalue weighted by Gasteiger charge is -2.39. The quantitative estimate of drug-likeness (QED) is 0.774. The minimum atomic E-state index is -0.560. The minimum absolute atomic E-state index is 0.0116. The van der Waals surface area contributed by atoms with Crippen molar-refractivity contribution in [2.24, 2.45) is 0 Å². The number of benzene rings is 2. The molecule has 2 aromatic carbocycles. The number of carbonyl (C=O) groups excluding carboxylic acids is 1. The SMILES string of the molecule is O=C(c1ccc2c(c1)OCCO2)N1[C@@H]2CC[C@H]1CC(c1ccc(F)cc1F)C2. The zero-order valence-corrected chi connectivity index (χ0v) is 15.4. The molecule has 3 aliphatic heterocycles. The number of amides is 1. The van der Waals surface area contributed by atoms with E-state index in [1.54, 1.807) is 24.3 Å². The van der Waals surface area contributed by atoms with E-state index in [1.807, 2.05) is 4.90 Å². The molecule has 2 bridgehead atoms. The van der Waals surface area contributed by atoms with E-state index in [4.69, 9.17) is 9.47 Å². The highest BCUT2D eigenvalue weighted by atomic mass is 19.1. The second-order valence-corrected chi connectivity index (χ2v) is 7.79. The highest BCUT2D eigenvalue weighted by Crippen LogP contribution is 2.44. The van der Waals surface area contributed by atoms with Crippen molar-refractivity contribution in [1.29, 1.82) is 0 Å². The van der Waals surface area contributed by atoms with Crippen molar-refractivity contribution in [3.63, 3.8) is 0 Å². The van der Waals surface area contributed by atoms with Crippen LogP contribution in [0.5, 0.6) is 11.5 Å². The third kappa shape index (κ3) is 2.91. The molecule has 0 N–H and O–H groups in total. The van der Waals surface area contributed by atoms with Crippen LogP contribution < -0.4 is 9.47 Å². The number of hydrogen-bond donors (Lipinski definition) is 0. The average Bonchev–Trinajstić information content (AvgIpc) is 2.96. The molecule has 3 atom stereocenters. The van der Waals surface area contributed by atoms with Crippen molar-refractivity contribution in [1.82, 2.24) is 4.90 Å². The lowest BCUT2D eigenvalue weighted by Crippen LogP contribution is -2.46. The van der Waals surface area contributed by atoms with Gasteiger partial charge in [-0.15, -0.1) is 0 Å². The predicted octanol–water partition coefficient (Wildman–Crippen LogP) is 4.29. The van der Waals surface area contributed by atoms with Crippen molar-refractivity contribution in [2.45, 2.75) is 43.7 Å². The number of halogens is 2. The van der Waals surface area contributed by atoms with Gasteiger partial charge in [0.1, 0.15) is 24.8 Å². The molecule has 0 aromatic heterocycles. The summed E-state index contributed by atoms with van der Waals surface area (Å²) in [6, 6.07) is 9.28. The van der Waals surface area contributed by atoms with Gasteiger partial charge >= 0.3 is 0 Å². The van der Waals surface area contributed by atoms with Gasteiger partial charge in [-0.3, -0.25) is 4.79 Å². The molecule has 3 aliphatic rings. The highest BCUT2D eigenvalue weighted by molar-refractivity contribution is 5.95. The normalized spacial score (nSPS) is 25.6. The summed E-state index contributed by atoms with van der Waals surface area (Å²) in [5, 5.41) is 0. The molecular weight excluding hydrogens is 364 g/mol. The molecule has 0 saturated carbocycles. The second kappa shape index (κ2) is 6.76. The molecule has 2 aromatic rings. The van der Waals surface area contributed by atoms with Crippen LogP contribution in [0, 0.1) is 11.6 Å². The number of hydrogen-bond acceptors (Lipinski definition) is 3. The van der Waals surface area contributed by atoms with E-state index >= 15 is 0 Å². The smallest absolute Gasteiger partial charge is 0.254 e. The fourth-order valence-electron chi connectivity index (χ4n) is 4.92. The maximum Gasteiger partial charge on any atom is 0.254 e. The Balaban J connectivity index is 1.37. The molecule has 0 aliphatic carbocycles. The molecule has 2 saturated heterocycles. The number of piperidine rings is 1. The topological polar surface area (TPSA) is 38.8 Å². The number of ether oxygens (including phenoxy) is 2. The molecule has 1 unspecified atom stereocenters. The van der Waals surface area contributed by atoms with Gasteiger partial charge in [-0.2, -0.15) is 0 Å². The van der Waals surface area contributed by atoms with Gasteiger partial charge in [0.2, 0.25) is 0 Å². The largest absolute Gasteiger partial charge is 0.486 e. The van der Waals surface area contributed by atoms with Crippen LogP contribution in [-0.4, -0.2) is 36.1 Å². The Morgan fingerprint density at radius 3 is 2.36 bits per heavy atom. The summed E-state index contributed by atoms with van der Waals surface area (Å²) in [7, 11) is 0. The first-order valence-corrected chi connectivity index (χ1v) is 9.77. The lowest BCUT2D eigenvalue weighted by atomic mass is 9.84. The van der Waals surface area contributed by atoms with Crippen LogP contribution in [0.1, 0.15) is 47.5 Å². The fraction of sp³-hybridized carbons (Fsp3) is 0.409. The lowest BCUT2D eigenvalue weighted by molar-refractivity contribution is 0.0569. The summed E-state index contributed by atoms with van der Waals surface area (Å²) in [5.74, 6) is 0.223. The molecule has 0 spiro atoms. The molecule has 0 radical (unpaired) electrons. The van der Waals surface area contributed by atoms with Crippen LogP contribution >= 0.6 is 0 Å². The second-order valence-electron chi connectivity index (χ2n) is 7.79. The first-order valence-electron chi connectivity index (χ1n) is 9.77. The number of fused-ring (bicyclic) bond motifs is 3. The molecule has 5 rings (SSSR count). The molecule has 3 heterocycles. The molecule has 1 amide bonds. The Kier molecular flexibility index (Phi) is 4.22. The van der Waals surface area contributed by atoms with Crippen molar-refractivity contribution in [3.8, 4) is 11.5 Å². The van der Waals surface area contributed by atoms with Crippen molar-refractivity contribution in [3.05, 3.63) is 59.2 Å². The Morgan fingerprint density at radius 2 is 1.64 bits per heavy atom. The minimum Gasteiger partial charge on any atom is -0.486 e. The van der Waals surface area contributed by atoms with Gasteiger partial charge in [0, 0.05) is 23.7 Å². The van der Waals surface area contributed by atoms with Crippen LogP contribution in [0.3, 0.4) is 0 Å². The number of rotatable bonds is 2. The Hall–Kier alpha value is -2.63. The van der Waals surface area contributed by atoms with E-state index in [0.717, 1.165) is 18.9 Å². The molecule has 146 valence electrons. The third-order valence-electron chi connectivity index (χ3n) is 6.16. The number of nitrogens with zero attached hydrogens (tertiary/aromatic N) is 1. The summed E-state index contributed by atoms with van der Waals surface area (Å²) in [6.07, 6.45) is 3.24. The summed E-state index contributed by atoms with van der Waals surface area (Å²) < 4.78 is 38.6. The molecule has 6 heteroatoms. The predicted molar refractivity (Wildman–Crippen MR) is 98.7 cm³/mol. The van der Waals surface area contributed by atoms with Gasteiger partial charge in [0.15, 0.2) is 11.5 Å². The van der Waals surface area contributed by atoms with E-state index in [9.17, 15) is 13.6 Å². The Bertz CT molecular complexity index is 918. The maximum atomic E-state index is 14.2. The molecular formula is C22H21F2NO3. The zero-order valence-electron chi connectivity index (χ0n) is 15.4. The van der Waals surface area contributed by atoms with Crippen LogP contribution in [0.4, 0.5) is 8.78 Å². The van der Waals surface area contributed by atoms with Gasteiger partial charge in [0.05, 0.1) is 0 Å². The summed E-state index contributed by atoms with van der Waals surface area (Å²) in [4.78, 5) is 15.2. The van der Waals surface area contributed by atoms with Crippen LogP contribution in [0.25, 0.3) is 0 Å². The van der Waals surface area contributed by atoms with Crippen LogP contribution in [0.15, 0.2) is 36.4 Å². The van der Waals surface area contributed by atoms with Crippen molar-refractivity contribution < 1.29 is 23.0 Å². The van der Waals surface area contributed by atoms with E-state index in [2.05, 4.69) is 0 Å². The zero-order chi connectivity index (χ0) is 19.3. The monoisotopic (exact) mass is 385 g/mol.